The maximum Gasteiger partial charge on any atom is 0.164 e. The Balaban J connectivity index is 1.05. The number of hydrogen-bond donors (Lipinski definition) is 0. The molecule has 12 aromatic rings. The molecule has 5 nitrogen and oxygen atoms in total. The molecule has 5 heteroatoms. The topological polar surface area (TPSA) is 65.0 Å². The molecular formula is C51H29N3O2. The molecule has 0 aliphatic rings. The fraction of sp³-hybridized carbons (Fsp3) is 0. The second kappa shape index (κ2) is 11.9. The molecule has 0 radical (unpaired) electrons. The second-order valence-corrected chi connectivity index (χ2v) is 14.4. The van der Waals surface area contributed by atoms with Gasteiger partial charge in [-0.1, -0.05) is 127 Å². The first-order valence-corrected chi connectivity index (χ1v) is 18.7. The van der Waals surface area contributed by atoms with Crippen molar-refractivity contribution in [3.63, 3.8) is 0 Å². The summed E-state index contributed by atoms with van der Waals surface area (Å²) in [7, 11) is 0. The van der Waals surface area contributed by atoms with Crippen molar-refractivity contribution < 1.29 is 8.83 Å². The van der Waals surface area contributed by atoms with Gasteiger partial charge in [-0.2, -0.15) is 0 Å². The van der Waals surface area contributed by atoms with Crippen LogP contribution in [-0.2, 0) is 0 Å². The SMILES string of the molecule is c1ccc2cc(-c3ccc4c(c3)oc3cccc(-c5nc(-c6ccc7ccccc7c6)nc(-c6ccc7c(ccc8oc9ccccc9c87)c6)n5)c34)ccc2c1. The van der Waals surface area contributed by atoms with Crippen molar-refractivity contribution in [1.29, 1.82) is 0 Å². The highest BCUT2D eigenvalue weighted by Gasteiger charge is 2.19. The van der Waals surface area contributed by atoms with E-state index in [0.717, 1.165) is 93.2 Å². The van der Waals surface area contributed by atoms with Gasteiger partial charge in [-0.25, -0.2) is 15.0 Å². The van der Waals surface area contributed by atoms with Crippen LogP contribution in [0.5, 0.6) is 0 Å². The van der Waals surface area contributed by atoms with Crippen molar-refractivity contribution >= 4 is 76.2 Å². The molecule has 0 amide bonds. The van der Waals surface area contributed by atoms with Gasteiger partial charge in [0.2, 0.25) is 0 Å². The van der Waals surface area contributed by atoms with Crippen LogP contribution in [0.15, 0.2) is 185 Å². The smallest absolute Gasteiger partial charge is 0.164 e. The van der Waals surface area contributed by atoms with Gasteiger partial charge in [-0.05, 0) is 92.0 Å². The zero-order valence-corrected chi connectivity index (χ0v) is 29.9. The predicted octanol–water partition coefficient (Wildman–Crippen LogP) is 13.8. The van der Waals surface area contributed by atoms with Crippen LogP contribution in [0.25, 0.3) is 121 Å². The number of para-hydroxylation sites is 1. The Morgan fingerprint density at radius 2 is 0.804 bits per heavy atom. The summed E-state index contributed by atoms with van der Waals surface area (Å²) in [5.41, 5.74) is 8.30. The number of rotatable bonds is 4. The van der Waals surface area contributed by atoms with E-state index in [9.17, 15) is 0 Å². The molecule has 0 N–H and O–H groups in total. The molecule has 0 unspecified atom stereocenters. The Morgan fingerprint density at radius 1 is 0.286 bits per heavy atom. The minimum atomic E-state index is 0.585. The van der Waals surface area contributed by atoms with E-state index in [1.165, 1.54) is 10.8 Å². The molecule has 0 saturated heterocycles. The molecule has 0 aliphatic carbocycles. The molecule has 0 saturated carbocycles. The summed E-state index contributed by atoms with van der Waals surface area (Å²) < 4.78 is 12.8. The van der Waals surface area contributed by atoms with Gasteiger partial charge < -0.3 is 8.83 Å². The number of furan rings is 2. The Morgan fingerprint density at radius 3 is 1.61 bits per heavy atom. The summed E-state index contributed by atoms with van der Waals surface area (Å²) in [5, 5.41) is 11.1. The van der Waals surface area contributed by atoms with Crippen molar-refractivity contribution in [2.75, 3.05) is 0 Å². The molecule has 56 heavy (non-hydrogen) atoms. The lowest BCUT2D eigenvalue weighted by Crippen LogP contribution is -2.00. The van der Waals surface area contributed by atoms with Gasteiger partial charge in [-0.15, -0.1) is 0 Å². The van der Waals surface area contributed by atoms with Crippen LogP contribution >= 0.6 is 0 Å². The van der Waals surface area contributed by atoms with Crippen LogP contribution in [0, 0.1) is 0 Å². The average Bonchev–Trinajstić information content (AvgIpc) is 3.84. The first kappa shape index (κ1) is 30.8. The van der Waals surface area contributed by atoms with Crippen molar-refractivity contribution in [3.05, 3.63) is 176 Å². The maximum atomic E-state index is 6.57. The van der Waals surface area contributed by atoms with Gasteiger partial charge in [0.1, 0.15) is 22.3 Å². The Labute approximate surface area is 320 Å². The summed E-state index contributed by atoms with van der Waals surface area (Å²) in [6, 6.07) is 61.1. The lowest BCUT2D eigenvalue weighted by atomic mass is 9.99. The van der Waals surface area contributed by atoms with E-state index < -0.39 is 0 Å². The zero-order chi connectivity index (χ0) is 36.7. The van der Waals surface area contributed by atoms with E-state index in [2.05, 4.69) is 152 Å². The molecule has 3 aromatic heterocycles. The number of aromatic nitrogens is 3. The van der Waals surface area contributed by atoms with Crippen LogP contribution in [0.4, 0.5) is 0 Å². The monoisotopic (exact) mass is 715 g/mol. The van der Waals surface area contributed by atoms with E-state index in [1.54, 1.807) is 0 Å². The summed E-state index contributed by atoms with van der Waals surface area (Å²) in [6.45, 7) is 0. The fourth-order valence-corrected chi connectivity index (χ4v) is 8.34. The molecule has 0 fully saturated rings. The number of benzene rings is 9. The molecule has 260 valence electrons. The van der Waals surface area contributed by atoms with Crippen LogP contribution in [0.2, 0.25) is 0 Å². The Bertz CT molecular complexity index is 3560. The van der Waals surface area contributed by atoms with Gasteiger partial charge in [0.05, 0.1) is 0 Å². The molecule has 0 bridgehead atoms. The molecule has 3 heterocycles. The standard InChI is InChI=1S/C51H29N3O2/c1-3-10-32-26-34(18-16-30(32)8-1)35-20-24-41-46(29-35)56-44-15-7-13-42(48(41)44)51-53-49(37-19-17-31-9-2-4-11-33(31)27-37)52-50(54-51)38-21-23-39-36(28-38)22-25-45-47(39)40-12-5-6-14-43(40)55-45/h1-29H. The van der Waals surface area contributed by atoms with E-state index in [0.29, 0.717) is 17.5 Å². The summed E-state index contributed by atoms with van der Waals surface area (Å²) in [4.78, 5) is 15.6. The van der Waals surface area contributed by atoms with Crippen LogP contribution in [-0.4, -0.2) is 15.0 Å². The van der Waals surface area contributed by atoms with Crippen molar-refractivity contribution in [3.8, 4) is 45.3 Å². The number of nitrogens with zero attached hydrogens (tertiary/aromatic N) is 3. The number of hydrogen-bond acceptors (Lipinski definition) is 5. The van der Waals surface area contributed by atoms with Gasteiger partial charge in [-0.3, -0.25) is 0 Å². The third kappa shape index (κ3) is 4.84. The van der Waals surface area contributed by atoms with Crippen molar-refractivity contribution in [1.82, 2.24) is 15.0 Å². The highest BCUT2D eigenvalue weighted by Crippen LogP contribution is 2.40. The van der Waals surface area contributed by atoms with Gasteiger partial charge in [0, 0.05) is 38.2 Å². The van der Waals surface area contributed by atoms with Gasteiger partial charge >= 0.3 is 0 Å². The molecule has 0 atom stereocenters. The highest BCUT2D eigenvalue weighted by molar-refractivity contribution is 6.19. The van der Waals surface area contributed by atoms with Gasteiger partial charge in [0.25, 0.3) is 0 Å². The summed E-state index contributed by atoms with van der Waals surface area (Å²) >= 11 is 0. The molecular weight excluding hydrogens is 687 g/mol. The first-order chi connectivity index (χ1) is 27.7. The summed E-state index contributed by atoms with van der Waals surface area (Å²) in [5.74, 6) is 1.79. The lowest BCUT2D eigenvalue weighted by molar-refractivity contribution is 0.669. The third-order valence-electron chi connectivity index (χ3n) is 11.1. The minimum absolute atomic E-state index is 0.585. The maximum absolute atomic E-state index is 6.57. The van der Waals surface area contributed by atoms with Crippen LogP contribution in [0.1, 0.15) is 0 Å². The largest absolute Gasteiger partial charge is 0.456 e. The average molecular weight is 716 g/mol. The van der Waals surface area contributed by atoms with Crippen LogP contribution < -0.4 is 0 Å². The third-order valence-corrected chi connectivity index (χ3v) is 11.1. The minimum Gasteiger partial charge on any atom is -0.456 e. The molecule has 0 aliphatic heterocycles. The van der Waals surface area contributed by atoms with Gasteiger partial charge in [0.15, 0.2) is 17.5 Å². The quantitative estimate of drug-likeness (QED) is 0.181. The highest BCUT2D eigenvalue weighted by atomic mass is 16.3. The number of fused-ring (bicyclic) bond motifs is 10. The first-order valence-electron chi connectivity index (χ1n) is 18.7. The normalized spacial score (nSPS) is 11.9. The van der Waals surface area contributed by atoms with E-state index >= 15 is 0 Å². The molecule has 12 rings (SSSR count). The van der Waals surface area contributed by atoms with Crippen LogP contribution in [0.3, 0.4) is 0 Å². The molecule has 0 spiro atoms. The second-order valence-electron chi connectivity index (χ2n) is 14.4. The predicted molar refractivity (Wildman–Crippen MR) is 229 cm³/mol. The summed E-state index contributed by atoms with van der Waals surface area (Å²) in [6.07, 6.45) is 0. The van der Waals surface area contributed by atoms with E-state index in [4.69, 9.17) is 23.8 Å². The fourth-order valence-electron chi connectivity index (χ4n) is 8.34. The lowest BCUT2D eigenvalue weighted by Gasteiger charge is -2.11. The van der Waals surface area contributed by atoms with E-state index in [1.807, 2.05) is 24.3 Å². The zero-order valence-electron chi connectivity index (χ0n) is 29.9. The Kier molecular flexibility index (Phi) is 6.56. The molecule has 9 aromatic carbocycles. The van der Waals surface area contributed by atoms with Crippen molar-refractivity contribution in [2.24, 2.45) is 0 Å². The van der Waals surface area contributed by atoms with Crippen molar-refractivity contribution in [2.45, 2.75) is 0 Å². The van der Waals surface area contributed by atoms with E-state index in [-0.39, 0.29) is 0 Å². The Hall–Kier alpha value is -7.63.